The number of aromatic nitrogens is 1. The van der Waals surface area contributed by atoms with Gasteiger partial charge in [-0.05, 0) is 45.1 Å². The quantitative estimate of drug-likeness (QED) is 0.926. The summed E-state index contributed by atoms with van der Waals surface area (Å²) in [5.74, 6) is 0.732. The molecule has 3 rings (SSSR count). The number of nitrogens with one attached hydrogen (secondary N) is 1. The van der Waals surface area contributed by atoms with Crippen LogP contribution in [0, 0.1) is 5.92 Å². The Morgan fingerprint density at radius 2 is 2.15 bits per heavy atom. The minimum atomic E-state index is 0.467. The fourth-order valence-electron chi connectivity index (χ4n) is 3.35. The molecule has 1 fully saturated rings. The first-order valence-electron chi connectivity index (χ1n) is 7.72. The van der Waals surface area contributed by atoms with Gasteiger partial charge < -0.3 is 15.0 Å². The molecule has 1 aromatic heterocycles. The van der Waals surface area contributed by atoms with E-state index in [4.69, 9.17) is 9.72 Å². The summed E-state index contributed by atoms with van der Waals surface area (Å²) < 4.78 is 5.28. The predicted molar refractivity (Wildman–Crippen MR) is 83.7 cm³/mol. The molecule has 0 saturated carbocycles. The summed E-state index contributed by atoms with van der Waals surface area (Å²) in [6, 6.07) is 0.467. The van der Waals surface area contributed by atoms with E-state index < -0.39 is 0 Å². The molecule has 1 aliphatic carbocycles. The summed E-state index contributed by atoms with van der Waals surface area (Å²) in [7, 11) is 3.86. The van der Waals surface area contributed by atoms with E-state index in [1.807, 2.05) is 11.3 Å². The Morgan fingerprint density at radius 3 is 2.85 bits per heavy atom. The molecule has 2 aliphatic rings. The zero-order chi connectivity index (χ0) is 13.9. The number of hydrogen-bond acceptors (Lipinski definition) is 5. The first kappa shape index (κ1) is 14.3. The van der Waals surface area contributed by atoms with Crippen LogP contribution in [-0.2, 0) is 11.2 Å². The van der Waals surface area contributed by atoms with Crippen molar-refractivity contribution in [2.45, 2.75) is 38.1 Å². The highest BCUT2D eigenvalue weighted by atomic mass is 32.1. The third-order valence-electron chi connectivity index (χ3n) is 4.58. The second-order valence-corrected chi connectivity index (χ2v) is 6.99. The second kappa shape index (κ2) is 6.41. The summed E-state index contributed by atoms with van der Waals surface area (Å²) >= 11 is 1.92. The zero-order valence-corrected chi connectivity index (χ0v) is 13.3. The Bertz CT molecular complexity index is 440. The molecule has 0 radical (unpaired) electrons. The highest BCUT2D eigenvalue weighted by molar-refractivity contribution is 7.15. The van der Waals surface area contributed by atoms with Gasteiger partial charge >= 0.3 is 0 Å². The first-order valence-corrected chi connectivity index (χ1v) is 8.54. The molecule has 5 heteroatoms. The van der Waals surface area contributed by atoms with E-state index in [2.05, 4.69) is 17.3 Å². The van der Waals surface area contributed by atoms with Crippen LogP contribution in [0.15, 0.2) is 0 Å². The van der Waals surface area contributed by atoms with Crippen molar-refractivity contribution in [3.05, 3.63) is 10.6 Å². The van der Waals surface area contributed by atoms with Gasteiger partial charge in [0, 0.05) is 31.7 Å². The van der Waals surface area contributed by atoms with Gasteiger partial charge in [-0.25, -0.2) is 4.98 Å². The molecule has 1 saturated heterocycles. The molecule has 0 aromatic carbocycles. The molecule has 1 aliphatic heterocycles. The number of fused-ring (bicyclic) bond motifs is 1. The van der Waals surface area contributed by atoms with E-state index >= 15 is 0 Å². The summed E-state index contributed by atoms with van der Waals surface area (Å²) in [5.41, 5.74) is 1.32. The van der Waals surface area contributed by atoms with Crippen LogP contribution in [0.1, 0.15) is 42.3 Å². The molecule has 1 aromatic rings. The van der Waals surface area contributed by atoms with Crippen LogP contribution in [0.25, 0.3) is 0 Å². The number of piperidine rings is 1. The van der Waals surface area contributed by atoms with Crippen molar-refractivity contribution < 1.29 is 4.74 Å². The van der Waals surface area contributed by atoms with Crippen LogP contribution in [-0.4, -0.2) is 38.8 Å². The third kappa shape index (κ3) is 2.85. The smallest absolute Gasteiger partial charge is 0.185 e. The summed E-state index contributed by atoms with van der Waals surface area (Å²) in [4.78, 5) is 8.93. The highest BCUT2D eigenvalue weighted by Gasteiger charge is 2.27. The lowest BCUT2D eigenvalue weighted by Gasteiger charge is -2.31. The molecule has 4 nitrogen and oxygen atoms in total. The van der Waals surface area contributed by atoms with Gasteiger partial charge in [-0.2, -0.15) is 0 Å². The number of thiazole rings is 1. The zero-order valence-electron chi connectivity index (χ0n) is 12.5. The molecular weight excluding hydrogens is 270 g/mol. The average Bonchev–Trinajstić information content (AvgIpc) is 2.92. The molecule has 1 unspecified atom stereocenters. The van der Waals surface area contributed by atoms with Crippen LogP contribution in [0.4, 0.5) is 5.13 Å². The monoisotopic (exact) mass is 295 g/mol. The van der Waals surface area contributed by atoms with Gasteiger partial charge in [0.05, 0.1) is 11.7 Å². The normalized spacial score (nSPS) is 23.9. The number of methoxy groups -OCH3 is 1. The lowest BCUT2D eigenvalue weighted by Crippen LogP contribution is -2.35. The standard InChI is InChI=1S/C15H25N3OS/c1-16-12-4-3-5-13-14(12)17-15(20-13)18-8-6-11(7-9-18)10-19-2/h11-12,16H,3-10H2,1-2H3. The lowest BCUT2D eigenvalue weighted by molar-refractivity contribution is 0.139. The fraction of sp³-hybridized carbons (Fsp3) is 0.800. The Morgan fingerprint density at radius 1 is 1.35 bits per heavy atom. The van der Waals surface area contributed by atoms with Gasteiger partial charge in [-0.15, -0.1) is 11.3 Å². The SMILES string of the molecule is CNC1CCCc2sc(N3CCC(COC)CC3)nc21. The number of anilines is 1. The van der Waals surface area contributed by atoms with Crippen molar-refractivity contribution in [3.63, 3.8) is 0 Å². The number of hydrogen-bond donors (Lipinski definition) is 1. The van der Waals surface area contributed by atoms with E-state index in [9.17, 15) is 0 Å². The number of rotatable bonds is 4. The van der Waals surface area contributed by atoms with E-state index in [0.29, 0.717) is 6.04 Å². The van der Waals surface area contributed by atoms with Gasteiger partial charge in [-0.1, -0.05) is 0 Å². The highest BCUT2D eigenvalue weighted by Crippen LogP contribution is 2.37. The second-order valence-electron chi connectivity index (χ2n) is 5.92. The van der Waals surface area contributed by atoms with Crippen molar-refractivity contribution in [3.8, 4) is 0 Å². The molecular formula is C15H25N3OS. The van der Waals surface area contributed by atoms with Crippen molar-refractivity contribution in [1.82, 2.24) is 10.3 Å². The number of nitrogens with zero attached hydrogens (tertiary/aromatic N) is 2. The average molecular weight is 295 g/mol. The molecule has 112 valence electrons. The van der Waals surface area contributed by atoms with Crippen molar-refractivity contribution in [2.24, 2.45) is 5.92 Å². The Labute approximate surface area is 125 Å². The maximum absolute atomic E-state index is 5.28. The molecule has 1 atom stereocenters. The van der Waals surface area contributed by atoms with Gasteiger partial charge in [0.15, 0.2) is 5.13 Å². The summed E-state index contributed by atoms with van der Waals surface area (Å²) in [6.45, 7) is 3.17. The molecule has 1 N–H and O–H groups in total. The van der Waals surface area contributed by atoms with E-state index in [1.54, 1.807) is 7.11 Å². The van der Waals surface area contributed by atoms with Crippen LogP contribution < -0.4 is 10.2 Å². The number of ether oxygens (including phenoxy) is 1. The Kier molecular flexibility index (Phi) is 4.58. The van der Waals surface area contributed by atoms with Crippen molar-refractivity contribution in [2.75, 3.05) is 38.8 Å². The maximum Gasteiger partial charge on any atom is 0.185 e. The molecule has 2 heterocycles. The van der Waals surface area contributed by atoms with E-state index in [-0.39, 0.29) is 0 Å². The topological polar surface area (TPSA) is 37.4 Å². The largest absolute Gasteiger partial charge is 0.384 e. The van der Waals surface area contributed by atoms with Crippen LogP contribution in [0.2, 0.25) is 0 Å². The van der Waals surface area contributed by atoms with Gasteiger partial charge in [0.2, 0.25) is 0 Å². The first-order chi connectivity index (χ1) is 9.81. The molecule has 0 spiro atoms. The Balaban J connectivity index is 1.68. The third-order valence-corrected chi connectivity index (χ3v) is 5.77. The fourth-order valence-corrected chi connectivity index (χ4v) is 4.56. The van der Waals surface area contributed by atoms with Crippen LogP contribution in [0.5, 0.6) is 0 Å². The van der Waals surface area contributed by atoms with E-state index in [0.717, 1.165) is 25.6 Å². The van der Waals surface area contributed by atoms with Crippen molar-refractivity contribution in [1.29, 1.82) is 0 Å². The van der Waals surface area contributed by atoms with Gasteiger partial charge in [0.25, 0.3) is 0 Å². The Hall–Kier alpha value is -0.650. The maximum atomic E-state index is 5.28. The van der Waals surface area contributed by atoms with Crippen molar-refractivity contribution >= 4 is 16.5 Å². The molecule has 20 heavy (non-hydrogen) atoms. The predicted octanol–water partition coefficient (Wildman–Crippen LogP) is 2.60. The van der Waals surface area contributed by atoms with Gasteiger partial charge in [0.1, 0.15) is 0 Å². The summed E-state index contributed by atoms with van der Waals surface area (Å²) in [5, 5.41) is 4.65. The summed E-state index contributed by atoms with van der Waals surface area (Å²) in [6.07, 6.45) is 6.19. The van der Waals surface area contributed by atoms with Gasteiger partial charge in [-0.3, -0.25) is 0 Å². The molecule has 0 bridgehead atoms. The van der Waals surface area contributed by atoms with Crippen LogP contribution in [0.3, 0.4) is 0 Å². The van der Waals surface area contributed by atoms with Crippen LogP contribution >= 0.6 is 11.3 Å². The molecule has 0 amide bonds. The minimum absolute atomic E-state index is 0.467. The lowest BCUT2D eigenvalue weighted by atomic mass is 9.98. The van der Waals surface area contributed by atoms with E-state index in [1.165, 1.54) is 47.8 Å². The number of aryl methyl sites for hydroxylation is 1. The minimum Gasteiger partial charge on any atom is -0.384 e.